The van der Waals surface area contributed by atoms with E-state index >= 15 is 0 Å². The Labute approximate surface area is 208 Å². The third-order valence-electron chi connectivity index (χ3n) is 4.31. The lowest BCUT2D eigenvalue weighted by Gasteiger charge is -2.14. The van der Waals surface area contributed by atoms with Gasteiger partial charge in [0.05, 0.1) is 23.6 Å². The fourth-order valence-electron chi connectivity index (χ4n) is 2.82. The first kappa shape index (κ1) is 24.4. The zero-order chi connectivity index (χ0) is 23.3. The van der Waals surface area contributed by atoms with E-state index in [0.717, 1.165) is 25.8 Å². The van der Waals surface area contributed by atoms with Crippen LogP contribution in [0.1, 0.15) is 18.1 Å². The first-order chi connectivity index (χ1) is 15.3. The molecule has 168 valence electrons. The molecule has 1 saturated heterocycles. The van der Waals surface area contributed by atoms with Gasteiger partial charge in [-0.15, -0.1) is 0 Å². The molecule has 0 N–H and O–H groups in total. The van der Waals surface area contributed by atoms with E-state index in [1.54, 1.807) is 19.1 Å². The number of rotatable bonds is 8. The molecule has 2 aromatic carbocycles. The highest BCUT2D eigenvalue weighted by molar-refractivity contribution is 14.1. The van der Waals surface area contributed by atoms with Crippen LogP contribution in [0.3, 0.4) is 0 Å². The van der Waals surface area contributed by atoms with Crippen molar-refractivity contribution in [2.24, 2.45) is 0 Å². The second-order valence-electron chi connectivity index (χ2n) is 6.52. The van der Waals surface area contributed by atoms with E-state index in [-0.39, 0.29) is 11.5 Å². The average Bonchev–Trinajstić information content (AvgIpc) is 3.01. The van der Waals surface area contributed by atoms with Crippen LogP contribution in [-0.2, 0) is 20.9 Å². The third kappa shape index (κ3) is 5.96. The maximum atomic E-state index is 12.6. The number of imide groups is 1. The van der Waals surface area contributed by atoms with Gasteiger partial charge in [-0.1, -0.05) is 23.7 Å². The number of esters is 1. The van der Waals surface area contributed by atoms with Crippen molar-refractivity contribution in [1.29, 1.82) is 0 Å². The number of hydrogen-bond acceptors (Lipinski definition) is 7. The molecule has 7 nitrogen and oxygen atoms in total. The molecular formula is C22H19ClINO6S. The predicted octanol–water partition coefficient (Wildman–Crippen LogP) is 5.13. The minimum absolute atomic E-state index is 0.168. The SMILES string of the molecule is CCOC(=O)CN1C(=O)S/C(=C/c2cc(Cl)c(OCc3ccc(I)cc3)c(OC)c2)C1=O. The van der Waals surface area contributed by atoms with Gasteiger partial charge in [0.1, 0.15) is 13.2 Å². The van der Waals surface area contributed by atoms with E-state index in [1.807, 2.05) is 24.3 Å². The highest BCUT2D eigenvalue weighted by Crippen LogP contribution is 2.39. The van der Waals surface area contributed by atoms with Gasteiger partial charge in [0.2, 0.25) is 0 Å². The smallest absolute Gasteiger partial charge is 0.326 e. The third-order valence-corrected chi connectivity index (χ3v) is 6.22. The van der Waals surface area contributed by atoms with Gasteiger partial charge in [-0.2, -0.15) is 0 Å². The Morgan fingerprint density at radius 1 is 1.22 bits per heavy atom. The molecule has 0 bridgehead atoms. The number of nitrogens with zero attached hydrogens (tertiary/aromatic N) is 1. The van der Waals surface area contributed by atoms with Crippen LogP contribution in [0.15, 0.2) is 41.3 Å². The summed E-state index contributed by atoms with van der Waals surface area (Å²) in [6.07, 6.45) is 1.52. The minimum Gasteiger partial charge on any atom is -0.493 e. The first-order valence-corrected chi connectivity index (χ1v) is 11.8. The summed E-state index contributed by atoms with van der Waals surface area (Å²) in [6.45, 7) is 1.70. The molecule has 1 heterocycles. The van der Waals surface area contributed by atoms with Gasteiger partial charge in [0, 0.05) is 3.57 Å². The van der Waals surface area contributed by atoms with Crippen LogP contribution >= 0.6 is 46.0 Å². The van der Waals surface area contributed by atoms with Crippen molar-refractivity contribution < 1.29 is 28.6 Å². The zero-order valence-electron chi connectivity index (χ0n) is 17.2. The Bertz CT molecular complexity index is 1070. The Balaban J connectivity index is 1.78. The second kappa shape index (κ2) is 11.1. The number of carbonyl (C=O) groups is 3. The first-order valence-electron chi connectivity index (χ1n) is 9.48. The fraction of sp³-hybridized carbons (Fsp3) is 0.227. The largest absolute Gasteiger partial charge is 0.493 e. The molecule has 0 spiro atoms. The summed E-state index contributed by atoms with van der Waals surface area (Å²) in [5, 5.41) is -0.239. The molecule has 2 aromatic rings. The van der Waals surface area contributed by atoms with Gasteiger partial charge in [-0.3, -0.25) is 19.3 Å². The number of amides is 2. The van der Waals surface area contributed by atoms with Crippen LogP contribution in [0.4, 0.5) is 4.79 Å². The minimum atomic E-state index is -0.643. The van der Waals surface area contributed by atoms with Gasteiger partial charge in [-0.25, -0.2) is 0 Å². The Morgan fingerprint density at radius 3 is 2.59 bits per heavy atom. The number of thioether (sulfide) groups is 1. The lowest BCUT2D eigenvalue weighted by molar-refractivity contribution is -0.145. The quantitative estimate of drug-likeness (QED) is 0.241. The number of methoxy groups -OCH3 is 1. The molecule has 32 heavy (non-hydrogen) atoms. The second-order valence-corrected chi connectivity index (χ2v) is 9.17. The fourth-order valence-corrected chi connectivity index (χ4v) is 4.29. The monoisotopic (exact) mass is 587 g/mol. The Morgan fingerprint density at radius 2 is 1.94 bits per heavy atom. The summed E-state index contributed by atoms with van der Waals surface area (Å²) in [5.41, 5.74) is 1.53. The molecular weight excluding hydrogens is 569 g/mol. The maximum absolute atomic E-state index is 12.6. The highest BCUT2D eigenvalue weighted by atomic mass is 127. The number of ether oxygens (including phenoxy) is 3. The van der Waals surface area contributed by atoms with E-state index in [4.69, 9.17) is 25.8 Å². The lowest BCUT2D eigenvalue weighted by atomic mass is 10.1. The van der Waals surface area contributed by atoms with Crippen molar-refractivity contribution in [3.63, 3.8) is 0 Å². The average molecular weight is 588 g/mol. The summed E-state index contributed by atoms with van der Waals surface area (Å²) in [7, 11) is 1.49. The van der Waals surface area contributed by atoms with E-state index in [9.17, 15) is 14.4 Å². The summed E-state index contributed by atoms with van der Waals surface area (Å²) in [4.78, 5) is 37.4. The van der Waals surface area contributed by atoms with Crippen molar-refractivity contribution in [2.75, 3.05) is 20.3 Å². The van der Waals surface area contributed by atoms with E-state index in [0.29, 0.717) is 28.7 Å². The highest BCUT2D eigenvalue weighted by Gasteiger charge is 2.36. The Hall–Kier alpha value is -2.24. The molecule has 1 fully saturated rings. The molecule has 1 aliphatic heterocycles. The van der Waals surface area contributed by atoms with Crippen molar-refractivity contribution in [3.05, 3.63) is 61.0 Å². The van der Waals surface area contributed by atoms with Crippen LogP contribution in [0.2, 0.25) is 5.02 Å². The van der Waals surface area contributed by atoms with Gasteiger partial charge in [0.25, 0.3) is 11.1 Å². The van der Waals surface area contributed by atoms with Crippen molar-refractivity contribution in [2.45, 2.75) is 13.5 Å². The molecule has 3 rings (SSSR count). The summed E-state index contributed by atoms with van der Waals surface area (Å²) in [6, 6.07) is 11.2. The molecule has 1 aliphatic rings. The molecule has 0 saturated carbocycles. The molecule has 0 unspecified atom stereocenters. The topological polar surface area (TPSA) is 82.1 Å². The molecule has 0 atom stereocenters. The van der Waals surface area contributed by atoms with Crippen LogP contribution in [0.25, 0.3) is 6.08 Å². The molecule has 10 heteroatoms. The van der Waals surface area contributed by atoms with Gasteiger partial charge in [0.15, 0.2) is 11.5 Å². The molecule has 0 aliphatic carbocycles. The molecule has 0 radical (unpaired) electrons. The number of carbonyl (C=O) groups excluding carboxylic acids is 3. The van der Waals surface area contributed by atoms with Crippen molar-refractivity contribution >= 4 is 69.1 Å². The summed E-state index contributed by atoms with van der Waals surface area (Å²) < 4.78 is 17.2. The lowest BCUT2D eigenvalue weighted by Crippen LogP contribution is -2.34. The number of benzene rings is 2. The molecule has 0 aromatic heterocycles. The van der Waals surface area contributed by atoms with Crippen molar-refractivity contribution in [3.8, 4) is 11.5 Å². The van der Waals surface area contributed by atoms with Gasteiger partial charge >= 0.3 is 5.97 Å². The van der Waals surface area contributed by atoms with Crippen LogP contribution < -0.4 is 9.47 Å². The standard InChI is InChI=1S/C22H19ClINO6S/c1-3-30-19(26)11-25-21(27)18(32-22(25)28)10-14-8-16(23)20(17(9-14)29-2)31-12-13-4-6-15(24)7-5-13/h4-10H,3,11-12H2,1-2H3/b18-10+. The van der Waals surface area contributed by atoms with Crippen molar-refractivity contribution in [1.82, 2.24) is 4.90 Å². The maximum Gasteiger partial charge on any atom is 0.326 e. The van der Waals surface area contributed by atoms with Crippen LogP contribution in [0.5, 0.6) is 11.5 Å². The summed E-state index contributed by atoms with van der Waals surface area (Å²) >= 11 is 9.40. The van der Waals surface area contributed by atoms with E-state index in [1.165, 1.54) is 13.2 Å². The van der Waals surface area contributed by atoms with E-state index < -0.39 is 23.7 Å². The van der Waals surface area contributed by atoms with E-state index in [2.05, 4.69) is 22.6 Å². The normalized spacial score (nSPS) is 14.8. The number of halogens is 2. The van der Waals surface area contributed by atoms with Gasteiger partial charge in [-0.05, 0) is 82.7 Å². The molecule has 2 amide bonds. The summed E-state index contributed by atoms with van der Waals surface area (Å²) in [5.74, 6) is -0.446. The van der Waals surface area contributed by atoms with Gasteiger partial charge < -0.3 is 14.2 Å². The Kier molecular flexibility index (Phi) is 8.44. The van der Waals surface area contributed by atoms with Crippen LogP contribution in [0, 0.1) is 3.57 Å². The number of hydrogen-bond donors (Lipinski definition) is 0. The zero-order valence-corrected chi connectivity index (χ0v) is 21.0. The van der Waals surface area contributed by atoms with Crippen LogP contribution in [-0.4, -0.2) is 42.3 Å². The predicted molar refractivity (Wildman–Crippen MR) is 131 cm³/mol.